The fraction of sp³-hybridized carbons (Fsp3) is 0.235. The summed E-state index contributed by atoms with van der Waals surface area (Å²) < 4.78 is 0. The molecule has 3 aromatic rings. The summed E-state index contributed by atoms with van der Waals surface area (Å²) in [5.74, 6) is 1.52. The molecule has 0 spiro atoms. The number of rotatable bonds is 2. The highest BCUT2D eigenvalue weighted by atomic mass is 15.0. The molecule has 0 aliphatic rings. The summed E-state index contributed by atoms with van der Waals surface area (Å²) in [5, 5.41) is 4.13. The molecule has 0 fully saturated rings. The Hall–Kier alpha value is -2.49. The van der Waals surface area contributed by atoms with Crippen LogP contribution >= 0.6 is 0 Å². The molecule has 0 amide bonds. The Bertz CT molecular complexity index is 695. The van der Waals surface area contributed by atoms with E-state index in [1.807, 2.05) is 43.4 Å². The minimum absolute atomic E-state index is 0.686. The predicted octanol–water partition coefficient (Wildman–Crippen LogP) is 4.15. The summed E-state index contributed by atoms with van der Waals surface area (Å²) in [5.41, 5.74) is 1.84. The molecular weight excluding hydrogens is 260 g/mol. The minimum Gasteiger partial charge on any atom is -0.373 e. The lowest BCUT2D eigenvalue weighted by atomic mass is 10.2. The topological polar surface area (TPSA) is 50.7 Å². The standard InChI is InChI=1S/C14H12N4.C3H8/c1-15-14-11-6-2-3-7-12(11)17-13(18-14)10-5-4-8-16-9-10;1-3-2/h2-9H,1H3,(H,15,17,18);3H2,1-2H3. The zero-order chi connectivity index (χ0) is 15.1. The van der Waals surface area contributed by atoms with Crippen LogP contribution in [0.3, 0.4) is 0 Å². The minimum atomic E-state index is 0.686. The third-order valence-corrected chi connectivity index (χ3v) is 2.76. The molecule has 2 heterocycles. The number of pyridine rings is 1. The normalized spacial score (nSPS) is 9.86. The average molecular weight is 280 g/mol. The first-order valence-electron chi connectivity index (χ1n) is 7.15. The van der Waals surface area contributed by atoms with Gasteiger partial charge in [-0.2, -0.15) is 0 Å². The lowest BCUT2D eigenvalue weighted by molar-refractivity contribution is 1.09. The van der Waals surface area contributed by atoms with E-state index in [9.17, 15) is 0 Å². The van der Waals surface area contributed by atoms with E-state index in [-0.39, 0.29) is 0 Å². The third kappa shape index (κ3) is 3.54. The lowest BCUT2D eigenvalue weighted by Gasteiger charge is -2.07. The van der Waals surface area contributed by atoms with E-state index in [4.69, 9.17) is 0 Å². The number of hydrogen-bond acceptors (Lipinski definition) is 4. The zero-order valence-corrected chi connectivity index (χ0v) is 12.7. The highest BCUT2D eigenvalue weighted by Gasteiger charge is 2.07. The first kappa shape index (κ1) is 14.9. The van der Waals surface area contributed by atoms with Gasteiger partial charge in [-0.15, -0.1) is 0 Å². The number of nitrogens with zero attached hydrogens (tertiary/aromatic N) is 3. The van der Waals surface area contributed by atoms with Crippen LogP contribution in [0.15, 0.2) is 48.8 Å². The molecule has 2 aromatic heterocycles. The molecule has 0 saturated carbocycles. The highest BCUT2D eigenvalue weighted by molar-refractivity contribution is 5.90. The number of aromatic nitrogens is 3. The molecule has 0 aliphatic heterocycles. The summed E-state index contributed by atoms with van der Waals surface area (Å²) in [6, 6.07) is 11.8. The predicted molar refractivity (Wildman–Crippen MR) is 88.3 cm³/mol. The molecule has 3 rings (SSSR count). The van der Waals surface area contributed by atoms with E-state index in [1.165, 1.54) is 6.42 Å². The van der Waals surface area contributed by atoms with Crippen LogP contribution in [0.4, 0.5) is 5.82 Å². The van der Waals surface area contributed by atoms with Gasteiger partial charge in [-0.05, 0) is 24.3 Å². The second-order valence-corrected chi connectivity index (χ2v) is 4.61. The van der Waals surface area contributed by atoms with Crippen LogP contribution < -0.4 is 5.32 Å². The van der Waals surface area contributed by atoms with Crippen molar-refractivity contribution in [2.75, 3.05) is 12.4 Å². The largest absolute Gasteiger partial charge is 0.373 e. The van der Waals surface area contributed by atoms with E-state index in [0.29, 0.717) is 5.82 Å². The van der Waals surface area contributed by atoms with Gasteiger partial charge in [0.2, 0.25) is 0 Å². The smallest absolute Gasteiger partial charge is 0.163 e. The van der Waals surface area contributed by atoms with Crippen molar-refractivity contribution < 1.29 is 0 Å². The maximum atomic E-state index is 4.56. The SMILES string of the molecule is CCC.CNc1nc(-c2cccnc2)nc2ccccc12. The summed E-state index contributed by atoms with van der Waals surface area (Å²) in [6.07, 6.45) is 4.76. The Morgan fingerprint density at radius 3 is 2.43 bits per heavy atom. The molecule has 0 aliphatic carbocycles. The van der Waals surface area contributed by atoms with E-state index in [0.717, 1.165) is 22.3 Å². The van der Waals surface area contributed by atoms with E-state index >= 15 is 0 Å². The molecule has 0 bridgehead atoms. The summed E-state index contributed by atoms with van der Waals surface area (Å²) in [4.78, 5) is 13.2. The van der Waals surface area contributed by atoms with Crippen molar-refractivity contribution in [1.82, 2.24) is 15.0 Å². The van der Waals surface area contributed by atoms with E-state index < -0.39 is 0 Å². The maximum Gasteiger partial charge on any atom is 0.163 e. The molecule has 21 heavy (non-hydrogen) atoms. The van der Waals surface area contributed by atoms with Crippen molar-refractivity contribution in [2.45, 2.75) is 20.3 Å². The first-order chi connectivity index (χ1) is 10.3. The molecule has 0 saturated heterocycles. The van der Waals surface area contributed by atoms with Gasteiger partial charge in [0.05, 0.1) is 5.52 Å². The van der Waals surface area contributed by atoms with Crippen LogP contribution in [-0.2, 0) is 0 Å². The van der Waals surface area contributed by atoms with Crippen LogP contribution in [0.5, 0.6) is 0 Å². The first-order valence-corrected chi connectivity index (χ1v) is 7.15. The third-order valence-electron chi connectivity index (χ3n) is 2.76. The Morgan fingerprint density at radius 1 is 1.00 bits per heavy atom. The molecule has 4 nitrogen and oxygen atoms in total. The quantitative estimate of drug-likeness (QED) is 0.766. The number of anilines is 1. The van der Waals surface area contributed by atoms with Crippen LogP contribution in [-0.4, -0.2) is 22.0 Å². The molecule has 0 atom stereocenters. The monoisotopic (exact) mass is 280 g/mol. The van der Waals surface area contributed by atoms with Gasteiger partial charge in [0, 0.05) is 30.4 Å². The molecule has 0 unspecified atom stereocenters. The van der Waals surface area contributed by atoms with Crippen molar-refractivity contribution >= 4 is 16.7 Å². The Morgan fingerprint density at radius 2 is 1.76 bits per heavy atom. The van der Waals surface area contributed by atoms with E-state index in [1.54, 1.807) is 12.4 Å². The average Bonchev–Trinajstić information content (AvgIpc) is 2.55. The second-order valence-electron chi connectivity index (χ2n) is 4.61. The Kier molecular flexibility index (Phi) is 5.21. The number of nitrogens with one attached hydrogen (secondary N) is 1. The number of fused-ring (bicyclic) bond motifs is 1. The van der Waals surface area contributed by atoms with Crippen molar-refractivity contribution in [2.24, 2.45) is 0 Å². The van der Waals surface area contributed by atoms with Gasteiger partial charge in [-0.25, -0.2) is 9.97 Å². The number of para-hydroxylation sites is 1. The van der Waals surface area contributed by atoms with Crippen LogP contribution in [0.2, 0.25) is 0 Å². The molecule has 4 heteroatoms. The van der Waals surface area contributed by atoms with Crippen LogP contribution in [0.1, 0.15) is 20.3 Å². The molecular formula is C17H20N4. The van der Waals surface area contributed by atoms with Gasteiger partial charge in [-0.1, -0.05) is 32.4 Å². The fourth-order valence-electron chi connectivity index (χ4n) is 1.89. The van der Waals surface area contributed by atoms with Gasteiger partial charge in [0.25, 0.3) is 0 Å². The lowest BCUT2D eigenvalue weighted by Crippen LogP contribution is -1.98. The van der Waals surface area contributed by atoms with Crippen molar-refractivity contribution in [3.8, 4) is 11.4 Å². The maximum absolute atomic E-state index is 4.56. The Balaban J connectivity index is 0.000000497. The Labute approximate surface area is 125 Å². The van der Waals surface area contributed by atoms with Gasteiger partial charge >= 0.3 is 0 Å². The summed E-state index contributed by atoms with van der Waals surface area (Å²) in [7, 11) is 1.86. The second kappa shape index (κ2) is 7.33. The highest BCUT2D eigenvalue weighted by Crippen LogP contribution is 2.23. The van der Waals surface area contributed by atoms with Crippen LogP contribution in [0, 0.1) is 0 Å². The summed E-state index contributed by atoms with van der Waals surface area (Å²) >= 11 is 0. The molecule has 1 N–H and O–H groups in total. The summed E-state index contributed by atoms with van der Waals surface area (Å²) in [6.45, 7) is 4.25. The van der Waals surface area contributed by atoms with Gasteiger partial charge in [0.15, 0.2) is 5.82 Å². The van der Waals surface area contributed by atoms with Gasteiger partial charge in [-0.3, -0.25) is 4.98 Å². The van der Waals surface area contributed by atoms with Crippen molar-refractivity contribution in [3.63, 3.8) is 0 Å². The fourth-order valence-corrected chi connectivity index (χ4v) is 1.89. The number of benzene rings is 1. The van der Waals surface area contributed by atoms with Crippen LogP contribution in [0.25, 0.3) is 22.3 Å². The van der Waals surface area contributed by atoms with E-state index in [2.05, 4.69) is 34.1 Å². The van der Waals surface area contributed by atoms with Crippen molar-refractivity contribution in [3.05, 3.63) is 48.8 Å². The van der Waals surface area contributed by atoms with Gasteiger partial charge in [0.1, 0.15) is 5.82 Å². The molecule has 0 radical (unpaired) electrons. The van der Waals surface area contributed by atoms with Crippen molar-refractivity contribution in [1.29, 1.82) is 0 Å². The molecule has 108 valence electrons. The van der Waals surface area contributed by atoms with Gasteiger partial charge < -0.3 is 5.32 Å². The number of hydrogen-bond donors (Lipinski definition) is 1. The molecule has 1 aromatic carbocycles. The zero-order valence-electron chi connectivity index (χ0n) is 12.7.